The van der Waals surface area contributed by atoms with Gasteiger partial charge in [-0.1, -0.05) is 5.16 Å². The zero-order valence-corrected chi connectivity index (χ0v) is 14.0. The van der Waals surface area contributed by atoms with Crippen LogP contribution in [0.4, 0.5) is 0 Å². The molecule has 7 nitrogen and oxygen atoms in total. The van der Waals surface area contributed by atoms with Gasteiger partial charge in [-0.25, -0.2) is 13.1 Å². The lowest BCUT2D eigenvalue weighted by atomic mass is 9.98. The highest BCUT2D eigenvalue weighted by molar-refractivity contribution is 7.90. The van der Waals surface area contributed by atoms with Crippen LogP contribution in [0.1, 0.15) is 42.9 Å². The van der Waals surface area contributed by atoms with Gasteiger partial charge in [-0.05, 0) is 39.5 Å². The number of sulfonamides is 1. The minimum atomic E-state index is -3.27. The quantitative estimate of drug-likeness (QED) is 0.875. The summed E-state index contributed by atoms with van der Waals surface area (Å²) in [5.74, 6) is 0.174. The molecule has 22 heavy (non-hydrogen) atoms. The van der Waals surface area contributed by atoms with Gasteiger partial charge in [0, 0.05) is 25.7 Å². The van der Waals surface area contributed by atoms with Crippen molar-refractivity contribution in [1.82, 2.24) is 14.8 Å². The Morgan fingerprint density at radius 3 is 2.86 bits per heavy atom. The molecule has 1 saturated heterocycles. The van der Waals surface area contributed by atoms with Crippen molar-refractivity contribution in [3.05, 3.63) is 17.5 Å². The molecule has 0 aliphatic carbocycles. The van der Waals surface area contributed by atoms with Gasteiger partial charge in [0.2, 0.25) is 15.8 Å². The molecule has 0 unspecified atom stereocenters. The van der Waals surface area contributed by atoms with E-state index in [-0.39, 0.29) is 17.6 Å². The van der Waals surface area contributed by atoms with Crippen LogP contribution in [0.25, 0.3) is 0 Å². The normalized spacial score (nSPS) is 19.6. The Morgan fingerprint density at radius 2 is 2.27 bits per heavy atom. The Bertz CT molecular complexity index is 624. The topological polar surface area (TPSA) is 92.5 Å². The van der Waals surface area contributed by atoms with E-state index < -0.39 is 15.3 Å². The number of likely N-dealkylation sites (tertiary alicyclic amines) is 1. The Morgan fingerprint density at radius 1 is 1.55 bits per heavy atom. The second kappa shape index (κ2) is 6.78. The van der Waals surface area contributed by atoms with Gasteiger partial charge >= 0.3 is 0 Å². The van der Waals surface area contributed by atoms with Crippen LogP contribution < -0.4 is 4.72 Å². The van der Waals surface area contributed by atoms with Gasteiger partial charge in [0.15, 0.2) is 0 Å². The predicted octanol–water partition coefficient (Wildman–Crippen LogP) is 1.16. The largest absolute Gasteiger partial charge is 0.351 e. The molecule has 0 bridgehead atoms. The van der Waals surface area contributed by atoms with Gasteiger partial charge in [0.05, 0.1) is 10.9 Å². The number of amides is 1. The first-order valence-electron chi connectivity index (χ1n) is 7.50. The van der Waals surface area contributed by atoms with Crippen molar-refractivity contribution in [3.63, 3.8) is 0 Å². The predicted molar refractivity (Wildman–Crippen MR) is 81.9 cm³/mol. The second-order valence-electron chi connectivity index (χ2n) is 6.03. The van der Waals surface area contributed by atoms with Crippen molar-refractivity contribution in [2.24, 2.45) is 5.92 Å². The van der Waals surface area contributed by atoms with Crippen LogP contribution in [-0.2, 0) is 10.0 Å². The summed E-state index contributed by atoms with van der Waals surface area (Å²) in [5, 5.41) is 3.27. The first-order chi connectivity index (χ1) is 10.3. The maximum atomic E-state index is 12.3. The van der Waals surface area contributed by atoms with Crippen LogP contribution in [0.2, 0.25) is 0 Å². The molecule has 124 valence electrons. The first kappa shape index (κ1) is 17.0. The minimum Gasteiger partial charge on any atom is -0.351 e. The van der Waals surface area contributed by atoms with E-state index in [1.165, 1.54) is 0 Å². The number of piperidine rings is 1. The monoisotopic (exact) mass is 329 g/mol. The third-order valence-electron chi connectivity index (χ3n) is 3.84. The summed E-state index contributed by atoms with van der Waals surface area (Å²) < 4.78 is 31.2. The zero-order valence-electron chi connectivity index (χ0n) is 13.2. The van der Waals surface area contributed by atoms with E-state index in [1.54, 1.807) is 31.7 Å². The van der Waals surface area contributed by atoms with E-state index in [9.17, 15) is 13.2 Å². The van der Waals surface area contributed by atoms with Crippen molar-refractivity contribution < 1.29 is 17.7 Å². The van der Waals surface area contributed by atoms with E-state index in [2.05, 4.69) is 9.88 Å². The maximum absolute atomic E-state index is 12.3. The third-order valence-corrected chi connectivity index (χ3v) is 5.65. The molecule has 1 atom stereocenters. The number of nitrogens with one attached hydrogen (secondary N) is 1. The number of aromatic nitrogens is 1. The molecule has 0 spiro atoms. The number of carbonyl (C=O) groups excluding carboxylic acids is 1. The van der Waals surface area contributed by atoms with Crippen molar-refractivity contribution in [2.45, 2.75) is 38.9 Å². The van der Waals surface area contributed by atoms with Gasteiger partial charge in [0.25, 0.3) is 5.91 Å². The molecule has 1 aliphatic rings. The lowest BCUT2D eigenvalue weighted by Gasteiger charge is -2.32. The van der Waals surface area contributed by atoms with Crippen LogP contribution in [0, 0.1) is 12.8 Å². The highest BCUT2D eigenvalue weighted by Gasteiger charge is 2.27. The minimum absolute atomic E-state index is 0.121. The molecular formula is C14H23N3O4S. The summed E-state index contributed by atoms with van der Waals surface area (Å²) in [4.78, 5) is 14.0. The van der Waals surface area contributed by atoms with Crippen LogP contribution in [0.5, 0.6) is 0 Å². The number of hydrogen-bond acceptors (Lipinski definition) is 5. The zero-order chi connectivity index (χ0) is 16.3. The summed E-state index contributed by atoms with van der Waals surface area (Å²) in [6.07, 6.45) is 1.76. The maximum Gasteiger partial charge on any atom is 0.292 e. The van der Waals surface area contributed by atoms with Gasteiger partial charge < -0.3 is 9.42 Å². The van der Waals surface area contributed by atoms with Crippen LogP contribution in [0.15, 0.2) is 10.6 Å². The summed E-state index contributed by atoms with van der Waals surface area (Å²) in [7, 11) is -3.27. The van der Waals surface area contributed by atoms with Crippen LogP contribution in [-0.4, -0.2) is 49.3 Å². The molecule has 1 N–H and O–H groups in total. The number of aryl methyl sites for hydroxylation is 1. The van der Waals surface area contributed by atoms with E-state index in [1.807, 2.05) is 0 Å². The molecule has 1 aromatic rings. The fourth-order valence-electron chi connectivity index (χ4n) is 2.44. The lowest BCUT2D eigenvalue weighted by molar-refractivity contribution is 0.0634. The van der Waals surface area contributed by atoms with E-state index in [4.69, 9.17) is 4.52 Å². The fourth-order valence-corrected chi connectivity index (χ4v) is 3.24. The smallest absolute Gasteiger partial charge is 0.292 e. The van der Waals surface area contributed by atoms with Gasteiger partial charge in [-0.2, -0.15) is 0 Å². The summed E-state index contributed by atoms with van der Waals surface area (Å²) in [5.41, 5.74) is 0.668. The standard InChI is InChI=1S/C14H23N3O4S/c1-10(2)22(19,20)15-8-12-5-4-6-17(9-12)14(18)13-7-11(3)16-21-13/h7,10,12,15H,4-6,8-9H2,1-3H3/t12-/m0/s1. The molecule has 2 rings (SSSR count). The molecule has 1 amide bonds. The molecule has 1 aliphatic heterocycles. The van der Waals surface area contributed by atoms with E-state index >= 15 is 0 Å². The van der Waals surface area contributed by atoms with Crippen molar-refractivity contribution in [3.8, 4) is 0 Å². The number of nitrogens with zero attached hydrogens (tertiary/aromatic N) is 2. The Hall–Kier alpha value is -1.41. The molecule has 0 aromatic carbocycles. The Kier molecular flexibility index (Phi) is 5.23. The number of rotatable bonds is 5. The van der Waals surface area contributed by atoms with Crippen molar-refractivity contribution in [1.29, 1.82) is 0 Å². The van der Waals surface area contributed by atoms with Gasteiger partial charge in [-0.3, -0.25) is 4.79 Å². The highest BCUT2D eigenvalue weighted by Crippen LogP contribution is 2.19. The average molecular weight is 329 g/mol. The summed E-state index contributed by atoms with van der Waals surface area (Å²) in [6.45, 7) is 6.60. The lowest BCUT2D eigenvalue weighted by Crippen LogP contribution is -2.44. The first-order valence-corrected chi connectivity index (χ1v) is 9.05. The van der Waals surface area contributed by atoms with Gasteiger partial charge in [-0.15, -0.1) is 0 Å². The average Bonchev–Trinajstić information content (AvgIpc) is 2.91. The van der Waals surface area contributed by atoms with Crippen molar-refractivity contribution in [2.75, 3.05) is 19.6 Å². The molecule has 0 saturated carbocycles. The summed E-state index contributed by atoms with van der Waals surface area (Å²) in [6, 6.07) is 1.62. The molecular weight excluding hydrogens is 306 g/mol. The van der Waals surface area contributed by atoms with E-state index in [0.29, 0.717) is 25.3 Å². The van der Waals surface area contributed by atoms with Crippen LogP contribution >= 0.6 is 0 Å². The third kappa shape index (κ3) is 4.07. The van der Waals surface area contributed by atoms with Crippen molar-refractivity contribution >= 4 is 15.9 Å². The Balaban J connectivity index is 1.93. The fraction of sp³-hybridized carbons (Fsp3) is 0.714. The SMILES string of the molecule is Cc1cc(C(=O)N2CCC[C@@H](CNS(=O)(=O)C(C)C)C2)on1. The molecule has 8 heteroatoms. The molecule has 1 aromatic heterocycles. The van der Waals surface area contributed by atoms with Gasteiger partial charge in [0.1, 0.15) is 0 Å². The van der Waals surface area contributed by atoms with Crippen LogP contribution in [0.3, 0.4) is 0 Å². The molecule has 1 fully saturated rings. The Labute approximate surface area is 131 Å². The second-order valence-corrected chi connectivity index (χ2v) is 8.36. The number of carbonyl (C=O) groups is 1. The highest BCUT2D eigenvalue weighted by atomic mass is 32.2. The molecule has 2 heterocycles. The summed E-state index contributed by atoms with van der Waals surface area (Å²) >= 11 is 0. The molecule has 0 radical (unpaired) electrons. The number of hydrogen-bond donors (Lipinski definition) is 1. The van der Waals surface area contributed by atoms with E-state index in [0.717, 1.165) is 12.8 Å².